The van der Waals surface area contributed by atoms with Gasteiger partial charge in [-0.3, -0.25) is 0 Å². The summed E-state index contributed by atoms with van der Waals surface area (Å²) in [5.41, 5.74) is 6.94. The van der Waals surface area contributed by atoms with Gasteiger partial charge in [0.15, 0.2) is 6.29 Å². The van der Waals surface area contributed by atoms with E-state index < -0.39 is 37.3 Å². The van der Waals surface area contributed by atoms with E-state index in [1.807, 2.05) is 0 Å². The molecule has 96 valence electrons. The van der Waals surface area contributed by atoms with Crippen molar-refractivity contribution in [3.8, 4) is 0 Å². The molecule has 16 heavy (non-hydrogen) atoms. The van der Waals surface area contributed by atoms with Gasteiger partial charge in [0, 0.05) is 6.54 Å². The first-order chi connectivity index (χ1) is 7.61. The van der Waals surface area contributed by atoms with Gasteiger partial charge in [-0.25, -0.2) is 0 Å². The third-order valence-corrected chi connectivity index (χ3v) is 2.41. The molecule has 0 bridgehead atoms. The van der Waals surface area contributed by atoms with Crippen LogP contribution in [0.1, 0.15) is 0 Å². The number of hydrogen-bond acceptors (Lipinski definition) is 7. The summed E-state index contributed by atoms with van der Waals surface area (Å²) in [5.74, 6) is 0. The zero-order valence-corrected chi connectivity index (χ0v) is 8.62. The third kappa shape index (κ3) is 3.08. The topological polar surface area (TPSA) is 117 Å². The molecule has 0 radical (unpaired) electrons. The fraction of sp³-hybridized carbons (Fsp3) is 1.00. The van der Waals surface area contributed by atoms with E-state index in [-0.39, 0.29) is 13.2 Å². The molecule has 0 aromatic carbocycles. The van der Waals surface area contributed by atoms with Gasteiger partial charge < -0.3 is 30.5 Å². The lowest BCUT2D eigenvalue weighted by molar-refractivity contribution is -0.265. The van der Waals surface area contributed by atoms with Gasteiger partial charge in [-0.15, -0.1) is 4.48 Å². The highest BCUT2D eigenvalue weighted by molar-refractivity contribution is 4.91. The van der Waals surface area contributed by atoms with E-state index >= 15 is 0 Å². The zero-order valence-electron chi connectivity index (χ0n) is 8.62. The predicted molar refractivity (Wildman–Crippen MR) is 50.8 cm³/mol. The molecule has 8 heteroatoms. The Morgan fingerprint density at radius 1 is 1.38 bits per heavy atom. The minimum Gasteiger partial charge on any atom is -0.394 e. The average molecular weight is 240 g/mol. The number of ether oxygens (including phenoxy) is 2. The number of halogens is 1. The largest absolute Gasteiger partial charge is 0.394 e. The van der Waals surface area contributed by atoms with E-state index in [0.717, 1.165) is 0 Å². The molecule has 7 nitrogen and oxygen atoms in total. The molecule has 0 spiro atoms. The molecular weight excluding hydrogens is 223 g/mol. The van der Waals surface area contributed by atoms with E-state index in [2.05, 4.69) is 0 Å². The van der Waals surface area contributed by atoms with Crippen LogP contribution in [0.25, 0.3) is 0 Å². The van der Waals surface area contributed by atoms with Crippen molar-refractivity contribution in [2.45, 2.75) is 30.6 Å². The smallest absolute Gasteiger partial charge is 0.175 e. The number of rotatable bonds is 5. The molecule has 0 amide bonds. The molecule has 1 heterocycles. The second-order valence-electron chi connectivity index (χ2n) is 3.54. The highest BCUT2D eigenvalue weighted by Crippen LogP contribution is 2.20. The maximum Gasteiger partial charge on any atom is 0.175 e. The Kier molecular flexibility index (Phi) is 5.49. The molecule has 1 rings (SSSR count). The lowest BCUT2D eigenvalue weighted by atomic mass is 9.98. The van der Waals surface area contributed by atoms with Crippen LogP contribution in [0, 0.1) is 0 Å². The van der Waals surface area contributed by atoms with Crippen molar-refractivity contribution in [3.63, 3.8) is 0 Å². The molecule has 0 aromatic rings. The van der Waals surface area contributed by atoms with E-state index in [9.17, 15) is 14.7 Å². The molecule has 1 aliphatic heterocycles. The molecule has 0 saturated carbocycles. The van der Waals surface area contributed by atoms with Gasteiger partial charge in [0.1, 0.15) is 18.3 Å². The minimum atomic E-state index is -1.26. The lowest BCUT2D eigenvalue weighted by Crippen LogP contribution is -2.62. The van der Waals surface area contributed by atoms with Crippen LogP contribution in [0.15, 0.2) is 0 Å². The molecular formula is C8H17FN2O5. The quantitative estimate of drug-likeness (QED) is 0.261. The van der Waals surface area contributed by atoms with Crippen molar-refractivity contribution in [3.05, 3.63) is 0 Å². The molecule has 0 aliphatic carbocycles. The molecule has 1 saturated heterocycles. The van der Waals surface area contributed by atoms with Gasteiger partial charge in [-0.05, 0) is 0 Å². The van der Waals surface area contributed by atoms with E-state index in [1.165, 1.54) is 5.54 Å². The van der Waals surface area contributed by atoms with Crippen molar-refractivity contribution in [2.24, 2.45) is 5.73 Å². The lowest BCUT2D eigenvalue weighted by Gasteiger charge is -2.40. The van der Waals surface area contributed by atoms with Crippen LogP contribution in [0.3, 0.4) is 0 Å². The second kappa shape index (κ2) is 6.40. The number of nitrogens with one attached hydrogen (secondary N) is 1. The van der Waals surface area contributed by atoms with Gasteiger partial charge in [0.2, 0.25) is 0 Å². The molecule has 1 aliphatic rings. The van der Waals surface area contributed by atoms with Crippen LogP contribution in [0.4, 0.5) is 4.48 Å². The van der Waals surface area contributed by atoms with Gasteiger partial charge >= 0.3 is 0 Å². The second-order valence-corrected chi connectivity index (χ2v) is 3.54. The summed E-state index contributed by atoms with van der Waals surface area (Å²) in [6.45, 7) is -0.517. The van der Waals surface area contributed by atoms with Crippen LogP contribution in [0.2, 0.25) is 0 Å². The predicted octanol–water partition coefficient (Wildman–Crippen LogP) is -2.76. The monoisotopic (exact) mass is 240 g/mol. The summed E-state index contributed by atoms with van der Waals surface area (Å²) in [6.07, 6.45) is -4.46. The molecule has 2 unspecified atom stereocenters. The highest BCUT2D eigenvalue weighted by atomic mass is 19.2. The summed E-state index contributed by atoms with van der Waals surface area (Å²) in [5, 5.41) is 27.9. The van der Waals surface area contributed by atoms with Gasteiger partial charge in [0.05, 0.1) is 19.3 Å². The first-order valence-electron chi connectivity index (χ1n) is 4.95. The van der Waals surface area contributed by atoms with Crippen molar-refractivity contribution in [2.75, 3.05) is 19.8 Å². The summed E-state index contributed by atoms with van der Waals surface area (Å²) in [7, 11) is 0. The summed E-state index contributed by atoms with van der Waals surface area (Å²) >= 11 is 0. The van der Waals surface area contributed by atoms with Gasteiger partial charge in [-0.2, -0.15) is 5.54 Å². The van der Waals surface area contributed by atoms with Crippen molar-refractivity contribution in [1.29, 1.82) is 0 Å². The molecule has 0 aromatic heterocycles. The van der Waals surface area contributed by atoms with E-state index in [0.29, 0.717) is 0 Å². The number of nitrogens with two attached hydrogens (primary N) is 1. The Bertz CT molecular complexity index is 209. The van der Waals surface area contributed by atoms with Crippen LogP contribution in [0.5, 0.6) is 0 Å². The Labute approximate surface area is 91.9 Å². The Hall–Kier alpha value is -0.350. The number of aliphatic hydroxyl groups excluding tert-OH is 3. The highest BCUT2D eigenvalue weighted by Gasteiger charge is 2.42. The standard InChI is InChI=1S/C8H17FN2O5/c9-11-1-2-15-8-5(10)7(14)6(13)4(3-12)16-8/h4-8,11-14H,1-3,10H2/t4?,5?,6-,7+,8+/m0/s1. The SMILES string of the molecule is NC1[C@H](OCCNF)OC(CO)[C@H](O)[C@@H]1O. The number of hydrogen-bond donors (Lipinski definition) is 5. The summed E-state index contributed by atoms with van der Waals surface area (Å²) < 4.78 is 21.8. The van der Waals surface area contributed by atoms with Gasteiger partial charge in [0.25, 0.3) is 0 Å². The maximum absolute atomic E-state index is 11.6. The molecule has 6 N–H and O–H groups in total. The maximum atomic E-state index is 11.6. The average Bonchev–Trinajstić information content (AvgIpc) is 2.29. The first kappa shape index (κ1) is 13.7. The summed E-state index contributed by atoms with van der Waals surface area (Å²) in [4.78, 5) is 0. The van der Waals surface area contributed by atoms with E-state index in [1.54, 1.807) is 0 Å². The zero-order chi connectivity index (χ0) is 12.1. The third-order valence-electron chi connectivity index (χ3n) is 2.41. The summed E-state index contributed by atoms with van der Waals surface area (Å²) in [6, 6.07) is -0.947. The van der Waals surface area contributed by atoms with Crippen molar-refractivity contribution >= 4 is 0 Å². The Morgan fingerprint density at radius 3 is 2.62 bits per heavy atom. The Balaban J connectivity index is 2.50. The van der Waals surface area contributed by atoms with Crippen molar-refractivity contribution < 1.29 is 29.3 Å². The van der Waals surface area contributed by atoms with Crippen LogP contribution >= 0.6 is 0 Å². The normalized spacial score (nSPS) is 39.9. The molecule has 1 fully saturated rings. The number of aliphatic hydroxyl groups is 3. The fourth-order valence-electron chi connectivity index (χ4n) is 1.47. The fourth-order valence-corrected chi connectivity index (χ4v) is 1.47. The van der Waals surface area contributed by atoms with Crippen LogP contribution in [-0.2, 0) is 9.47 Å². The Morgan fingerprint density at radius 2 is 2.06 bits per heavy atom. The van der Waals surface area contributed by atoms with E-state index in [4.69, 9.17) is 20.3 Å². The van der Waals surface area contributed by atoms with Crippen LogP contribution < -0.4 is 11.3 Å². The first-order valence-corrected chi connectivity index (χ1v) is 4.95. The van der Waals surface area contributed by atoms with Gasteiger partial charge in [-0.1, -0.05) is 0 Å². The van der Waals surface area contributed by atoms with Crippen molar-refractivity contribution in [1.82, 2.24) is 5.54 Å². The van der Waals surface area contributed by atoms with Crippen LogP contribution in [-0.4, -0.2) is 65.7 Å². The molecule has 5 atom stereocenters. The minimum absolute atomic E-state index is 0.00414.